The molecule has 0 unspecified atom stereocenters. The molecular formula is C22H29N. The van der Waals surface area contributed by atoms with Crippen molar-refractivity contribution in [1.29, 1.82) is 5.26 Å². The van der Waals surface area contributed by atoms with Crippen molar-refractivity contribution in [3.05, 3.63) is 59.7 Å². The van der Waals surface area contributed by atoms with Gasteiger partial charge in [-0.15, -0.1) is 0 Å². The Labute approximate surface area is 141 Å². The molecule has 0 aromatic heterocycles. The normalized spacial score (nSPS) is 21.7. The van der Waals surface area contributed by atoms with Gasteiger partial charge in [0, 0.05) is 6.08 Å². The number of unbranched alkanes of at least 4 members (excludes halogenated alkanes) is 2. The fourth-order valence-corrected chi connectivity index (χ4v) is 3.50. The van der Waals surface area contributed by atoms with E-state index >= 15 is 0 Å². The van der Waals surface area contributed by atoms with Crippen LogP contribution in [0, 0.1) is 17.2 Å². The van der Waals surface area contributed by atoms with Crippen LogP contribution >= 0.6 is 0 Å². The van der Waals surface area contributed by atoms with Crippen molar-refractivity contribution in [3.8, 4) is 6.07 Å². The van der Waals surface area contributed by atoms with Crippen LogP contribution in [-0.4, -0.2) is 0 Å². The highest BCUT2D eigenvalue weighted by Crippen LogP contribution is 2.36. The minimum atomic E-state index is 0.683. The molecule has 1 aliphatic rings. The molecule has 0 aliphatic heterocycles. The number of benzene rings is 1. The summed E-state index contributed by atoms with van der Waals surface area (Å²) in [7, 11) is 0. The maximum Gasteiger partial charge on any atom is 0.0912 e. The molecule has 0 saturated heterocycles. The number of allylic oxidation sites excluding steroid dienone is 4. The van der Waals surface area contributed by atoms with Gasteiger partial charge in [0.05, 0.1) is 6.07 Å². The molecule has 0 spiro atoms. The monoisotopic (exact) mass is 307 g/mol. The summed E-state index contributed by atoms with van der Waals surface area (Å²) in [6.07, 6.45) is 17.9. The Morgan fingerprint density at radius 2 is 1.78 bits per heavy atom. The minimum absolute atomic E-state index is 0.683. The molecule has 0 N–H and O–H groups in total. The van der Waals surface area contributed by atoms with Gasteiger partial charge in [-0.2, -0.15) is 5.26 Å². The first-order valence-electron chi connectivity index (χ1n) is 9.15. The van der Waals surface area contributed by atoms with E-state index in [0.29, 0.717) is 5.92 Å². The third-order valence-electron chi connectivity index (χ3n) is 4.96. The first kappa shape index (κ1) is 17.5. The summed E-state index contributed by atoms with van der Waals surface area (Å²) in [5, 5.41) is 8.47. The summed E-state index contributed by atoms with van der Waals surface area (Å²) in [6, 6.07) is 11.4. The topological polar surface area (TPSA) is 23.8 Å². The van der Waals surface area contributed by atoms with Crippen LogP contribution in [0.3, 0.4) is 0 Å². The molecule has 1 heteroatoms. The van der Waals surface area contributed by atoms with Gasteiger partial charge in [-0.3, -0.25) is 0 Å². The Morgan fingerprint density at radius 1 is 1.04 bits per heavy atom. The average molecular weight is 307 g/mol. The highest BCUT2D eigenvalue weighted by molar-refractivity contribution is 5.26. The van der Waals surface area contributed by atoms with Crippen LogP contribution in [0.15, 0.2) is 48.6 Å². The standard InChI is InChI=1S/C22H29N/c1-2-3-5-8-19-10-14-21(15-11-19)22-16-12-20(13-17-22)9-6-4-7-18-23/h4,6-7,9-11,14-15,20,22H,2-3,5,8,12-13,16-17H2,1H3/t20-,22-. The van der Waals surface area contributed by atoms with Gasteiger partial charge >= 0.3 is 0 Å². The van der Waals surface area contributed by atoms with Gasteiger partial charge in [0.1, 0.15) is 0 Å². The zero-order chi connectivity index (χ0) is 16.3. The Morgan fingerprint density at radius 3 is 2.43 bits per heavy atom. The third-order valence-corrected chi connectivity index (χ3v) is 4.96. The summed E-state index contributed by atoms with van der Waals surface area (Å²) in [5.41, 5.74) is 3.01. The molecule has 1 nitrogen and oxygen atoms in total. The predicted octanol–water partition coefficient (Wildman–Crippen LogP) is 6.33. The van der Waals surface area contributed by atoms with E-state index < -0.39 is 0 Å². The van der Waals surface area contributed by atoms with Crippen molar-refractivity contribution in [3.63, 3.8) is 0 Å². The van der Waals surface area contributed by atoms with Gasteiger partial charge in [-0.1, -0.05) is 62.3 Å². The average Bonchev–Trinajstić information content (AvgIpc) is 2.60. The molecule has 0 amide bonds. The Hall–Kier alpha value is -1.81. The summed E-state index contributed by atoms with van der Waals surface area (Å²) in [5.74, 6) is 1.42. The Kier molecular flexibility index (Phi) is 7.67. The number of nitriles is 1. The van der Waals surface area contributed by atoms with E-state index in [-0.39, 0.29) is 0 Å². The van der Waals surface area contributed by atoms with Gasteiger partial charge in [-0.05, 0) is 61.5 Å². The number of hydrogen-bond donors (Lipinski definition) is 0. The van der Waals surface area contributed by atoms with Gasteiger partial charge in [0.2, 0.25) is 0 Å². The highest BCUT2D eigenvalue weighted by atomic mass is 14.3. The zero-order valence-electron chi connectivity index (χ0n) is 14.4. The van der Waals surface area contributed by atoms with Gasteiger partial charge in [0.25, 0.3) is 0 Å². The van der Waals surface area contributed by atoms with Gasteiger partial charge in [0.15, 0.2) is 0 Å². The maximum absolute atomic E-state index is 8.47. The van der Waals surface area contributed by atoms with Crippen LogP contribution < -0.4 is 0 Å². The fourth-order valence-electron chi connectivity index (χ4n) is 3.50. The Bertz CT molecular complexity index is 536. The van der Waals surface area contributed by atoms with Crippen LogP contribution in [0.2, 0.25) is 0 Å². The lowest BCUT2D eigenvalue weighted by atomic mass is 9.78. The molecule has 122 valence electrons. The summed E-state index contributed by atoms with van der Waals surface area (Å²) in [6.45, 7) is 2.26. The zero-order valence-corrected chi connectivity index (χ0v) is 14.4. The number of nitrogens with zero attached hydrogens (tertiary/aromatic N) is 1. The first-order valence-corrected chi connectivity index (χ1v) is 9.15. The van der Waals surface area contributed by atoms with Crippen molar-refractivity contribution in [2.75, 3.05) is 0 Å². The molecule has 1 aromatic carbocycles. The lowest BCUT2D eigenvalue weighted by molar-refractivity contribution is 0.376. The van der Waals surface area contributed by atoms with E-state index in [9.17, 15) is 0 Å². The SMILES string of the molecule is CCCCCc1ccc([C@H]2CC[C@H](C=CC=CC#N)CC2)cc1. The molecule has 0 bridgehead atoms. The quantitative estimate of drug-likeness (QED) is 0.328. The van der Waals surface area contributed by atoms with Crippen LogP contribution in [0.1, 0.15) is 68.9 Å². The summed E-state index contributed by atoms with van der Waals surface area (Å²) >= 11 is 0. The van der Waals surface area contributed by atoms with Crippen LogP contribution in [0.4, 0.5) is 0 Å². The van der Waals surface area contributed by atoms with Crippen molar-refractivity contribution < 1.29 is 0 Å². The molecule has 1 aromatic rings. The molecule has 1 aliphatic carbocycles. The smallest absolute Gasteiger partial charge is 0.0912 e. The maximum atomic E-state index is 8.47. The lowest BCUT2D eigenvalue weighted by Gasteiger charge is -2.27. The fraction of sp³-hybridized carbons (Fsp3) is 0.500. The van der Waals surface area contributed by atoms with E-state index in [0.717, 1.165) is 5.92 Å². The third kappa shape index (κ3) is 6.06. The van der Waals surface area contributed by atoms with E-state index in [1.54, 1.807) is 0 Å². The highest BCUT2D eigenvalue weighted by Gasteiger charge is 2.20. The number of rotatable bonds is 7. The van der Waals surface area contributed by atoms with Crippen molar-refractivity contribution in [1.82, 2.24) is 0 Å². The molecular weight excluding hydrogens is 278 g/mol. The van der Waals surface area contributed by atoms with Crippen molar-refractivity contribution in [2.45, 2.75) is 64.2 Å². The summed E-state index contributed by atoms with van der Waals surface area (Å²) in [4.78, 5) is 0. The molecule has 0 radical (unpaired) electrons. The van der Waals surface area contributed by atoms with Crippen LogP contribution in [0.5, 0.6) is 0 Å². The molecule has 2 rings (SSSR count). The molecule has 23 heavy (non-hydrogen) atoms. The first-order chi connectivity index (χ1) is 11.3. The molecule has 0 atom stereocenters. The van der Waals surface area contributed by atoms with Crippen molar-refractivity contribution >= 4 is 0 Å². The second kappa shape index (κ2) is 10.1. The van der Waals surface area contributed by atoms with Gasteiger partial charge < -0.3 is 0 Å². The number of aryl methyl sites for hydroxylation is 1. The predicted molar refractivity (Wildman–Crippen MR) is 98.3 cm³/mol. The Balaban J connectivity index is 1.79. The van der Waals surface area contributed by atoms with E-state index in [1.807, 2.05) is 18.2 Å². The van der Waals surface area contributed by atoms with Crippen molar-refractivity contribution in [2.24, 2.45) is 5.92 Å². The second-order valence-corrected chi connectivity index (χ2v) is 6.68. The largest absolute Gasteiger partial charge is 0.193 e. The van der Waals surface area contributed by atoms with Crippen LogP contribution in [-0.2, 0) is 6.42 Å². The molecule has 1 saturated carbocycles. The van der Waals surface area contributed by atoms with Gasteiger partial charge in [-0.25, -0.2) is 0 Å². The van der Waals surface area contributed by atoms with E-state index in [1.165, 1.54) is 68.6 Å². The van der Waals surface area contributed by atoms with Crippen LogP contribution in [0.25, 0.3) is 0 Å². The molecule has 0 heterocycles. The second-order valence-electron chi connectivity index (χ2n) is 6.68. The summed E-state index contributed by atoms with van der Waals surface area (Å²) < 4.78 is 0. The minimum Gasteiger partial charge on any atom is -0.193 e. The van der Waals surface area contributed by atoms with E-state index in [4.69, 9.17) is 5.26 Å². The lowest BCUT2D eigenvalue weighted by Crippen LogP contribution is -2.11. The molecule has 1 fully saturated rings. The van der Waals surface area contributed by atoms with E-state index in [2.05, 4.69) is 37.3 Å². The number of hydrogen-bond acceptors (Lipinski definition) is 1.